The summed E-state index contributed by atoms with van der Waals surface area (Å²) in [6, 6.07) is 8.45. The number of hydrogen-bond donors (Lipinski definition) is 2. The highest BCUT2D eigenvalue weighted by Gasteiger charge is 2.27. The van der Waals surface area contributed by atoms with Crippen molar-refractivity contribution in [2.75, 3.05) is 32.8 Å². The molecule has 6 nitrogen and oxygen atoms in total. The second-order valence-corrected chi connectivity index (χ2v) is 5.61. The number of rotatable bonds is 7. The molecule has 0 unspecified atom stereocenters. The predicted molar refractivity (Wildman–Crippen MR) is 88.0 cm³/mol. The van der Waals surface area contributed by atoms with E-state index in [0.717, 1.165) is 12.8 Å². The van der Waals surface area contributed by atoms with Crippen molar-refractivity contribution in [1.29, 1.82) is 0 Å². The van der Waals surface area contributed by atoms with Gasteiger partial charge in [0.1, 0.15) is 6.04 Å². The van der Waals surface area contributed by atoms with Gasteiger partial charge in [-0.25, -0.2) is 0 Å². The van der Waals surface area contributed by atoms with Crippen LogP contribution in [0.5, 0.6) is 0 Å². The third-order valence-electron chi connectivity index (χ3n) is 3.91. The maximum atomic E-state index is 12.7. The van der Waals surface area contributed by atoms with Crippen molar-refractivity contribution in [3.63, 3.8) is 0 Å². The molecule has 1 aromatic carbocycles. The van der Waals surface area contributed by atoms with Gasteiger partial charge in [-0.1, -0.05) is 18.2 Å². The summed E-state index contributed by atoms with van der Waals surface area (Å²) in [7, 11) is 0. The van der Waals surface area contributed by atoms with Crippen LogP contribution >= 0.6 is 0 Å². The minimum absolute atomic E-state index is 0.0328. The van der Waals surface area contributed by atoms with Crippen LogP contribution in [0.15, 0.2) is 30.3 Å². The van der Waals surface area contributed by atoms with E-state index in [4.69, 9.17) is 10.5 Å². The summed E-state index contributed by atoms with van der Waals surface area (Å²) >= 11 is 0. The Morgan fingerprint density at radius 3 is 2.52 bits per heavy atom. The lowest BCUT2D eigenvalue weighted by molar-refractivity contribution is -0.137. The van der Waals surface area contributed by atoms with Crippen molar-refractivity contribution in [3.05, 3.63) is 35.9 Å². The SMILES string of the molecule is NCCCC[C@H](NC(=O)c1ccccc1)C(=O)N1CCOCC1. The first-order valence-electron chi connectivity index (χ1n) is 8.15. The zero-order valence-electron chi connectivity index (χ0n) is 13.4. The molecule has 1 fully saturated rings. The molecule has 0 aromatic heterocycles. The fourth-order valence-electron chi connectivity index (χ4n) is 2.59. The quantitative estimate of drug-likeness (QED) is 0.727. The van der Waals surface area contributed by atoms with Crippen molar-refractivity contribution in [3.8, 4) is 0 Å². The monoisotopic (exact) mass is 319 g/mol. The molecular formula is C17H25N3O3. The highest BCUT2D eigenvalue weighted by molar-refractivity contribution is 5.97. The lowest BCUT2D eigenvalue weighted by Gasteiger charge is -2.30. The Hall–Kier alpha value is -1.92. The normalized spacial score (nSPS) is 16.0. The topological polar surface area (TPSA) is 84.7 Å². The molecule has 6 heteroatoms. The Labute approximate surface area is 137 Å². The zero-order valence-corrected chi connectivity index (χ0v) is 13.4. The third kappa shape index (κ3) is 5.33. The fourth-order valence-corrected chi connectivity index (χ4v) is 2.59. The number of ether oxygens (including phenoxy) is 1. The summed E-state index contributed by atoms with van der Waals surface area (Å²) in [4.78, 5) is 26.8. The molecule has 1 aliphatic rings. The number of nitrogens with two attached hydrogens (primary N) is 1. The van der Waals surface area contributed by atoms with Crippen molar-refractivity contribution in [1.82, 2.24) is 10.2 Å². The molecule has 0 bridgehead atoms. The second-order valence-electron chi connectivity index (χ2n) is 5.61. The molecule has 126 valence electrons. The van der Waals surface area contributed by atoms with E-state index in [-0.39, 0.29) is 11.8 Å². The van der Waals surface area contributed by atoms with Crippen molar-refractivity contribution >= 4 is 11.8 Å². The maximum absolute atomic E-state index is 12.7. The van der Waals surface area contributed by atoms with Gasteiger partial charge in [0.05, 0.1) is 13.2 Å². The van der Waals surface area contributed by atoms with Crippen LogP contribution in [-0.2, 0) is 9.53 Å². The van der Waals surface area contributed by atoms with E-state index >= 15 is 0 Å². The van der Waals surface area contributed by atoms with Crippen LogP contribution in [0.2, 0.25) is 0 Å². The second kappa shape index (κ2) is 9.27. The van der Waals surface area contributed by atoms with E-state index in [1.54, 1.807) is 17.0 Å². The number of unbranched alkanes of at least 4 members (excludes halogenated alkanes) is 1. The molecule has 1 aliphatic heterocycles. The molecule has 2 rings (SSSR count). The Bertz CT molecular complexity index is 501. The van der Waals surface area contributed by atoms with Crippen molar-refractivity contribution in [2.45, 2.75) is 25.3 Å². The van der Waals surface area contributed by atoms with Gasteiger partial charge in [0.15, 0.2) is 0 Å². The van der Waals surface area contributed by atoms with Gasteiger partial charge in [-0.15, -0.1) is 0 Å². The summed E-state index contributed by atoms with van der Waals surface area (Å²) in [6.07, 6.45) is 2.26. The van der Waals surface area contributed by atoms with Gasteiger partial charge < -0.3 is 20.7 Å². The lowest BCUT2D eigenvalue weighted by Crippen LogP contribution is -2.51. The Balaban J connectivity index is 2.00. The first-order chi connectivity index (χ1) is 11.2. The molecule has 1 aromatic rings. The molecule has 0 aliphatic carbocycles. The number of nitrogens with zero attached hydrogens (tertiary/aromatic N) is 1. The van der Waals surface area contributed by atoms with Crippen LogP contribution in [0.3, 0.4) is 0 Å². The minimum atomic E-state index is -0.507. The third-order valence-corrected chi connectivity index (χ3v) is 3.91. The van der Waals surface area contributed by atoms with Crippen LogP contribution in [0.4, 0.5) is 0 Å². The van der Waals surface area contributed by atoms with Gasteiger partial charge in [0.25, 0.3) is 5.91 Å². The molecule has 0 saturated carbocycles. The Morgan fingerprint density at radius 1 is 1.17 bits per heavy atom. The summed E-state index contributed by atoms with van der Waals surface area (Å²) in [5.41, 5.74) is 6.09. The molecule has 3 N–H and O–H groups in total. The first kappa shape index (κ1) is 17.4. The summed E-state index contributed by atoms with van der Waals surface area (Å²) < 4.78 is 5.28. The number of nitrogens with one attached hydrogen (secondary N) is 1. The van der Waals surface area contributed by atoms with E-state index in [1.807, 2.05) is 18.2 Å². The minimum Gasteiger partial charge on any atom is -0.378 e. The van der Waals surface area contributed by atoms with Crippen molar-refractivity contribution in [2.24, 2.45) is 5.73 Å². The number of hydrogen-bond acceptors (Lipinski definition) is 4. The van der Waals surface area contributed by atoms with Gasteiger partial charge in [-0.3, -0.25) is 9.59 Å². The number of morpholine rings is 1. The maximum Gasteiger partial charge on any atom is 0.251 e. The molecule has 1 saturated heterocycles. The summed E-state index contributed by atoms with van der Waals surface area (Å²) in [5, 5.41) is 2.88. The lowest BCUT2D eigenvalue weighted by atomic mass is 10.1. The van der Waals surface area contributed by atoms with E-state index in [0.29, 0.717) is 44.8 Å². The highest BCUT2D eigenvalue weighted by Crippen LogP contribution is 2.09. The largest absolute Gasteiger partial charge is 0.378 e. The standard InChI is InChI=1S/C17H25N3O3/c18-9-5-4-8-15(17(22)20-10-12-23-13-11-20)19-16(21)14-6-2-1-3-7-14/h1-3,6-7,15H,4-5,8-13,18H2,(H,19,21)/t15-/m0/s1. The average molecular weight is 319 g/mol. The molecule has 1 atom stereocenters. The molecule has 2 amide bonds. The first-order valence-corrected chi connectivity index (χ1v) is 8.15. The van der Waals surface area contributed by atoms with Crippen LogP contribution in [0.25, 0.3) is 0 Å². The number of benzene rings is 1. The Morgan fingerprint density at radius 2 is 1.87 bits per heavy atom. The summed E-state index contributed by atoms with van der Waals surface area (Å²) in [5.74, 6) is -0.250. The molecule has 23 heavy (non-hydrogen) atoms. The Kier molecular flexibility index (Phi) is 7.03. The van der Waals surface area contributed by atoms with Crippen molar-refractivity contribution < 1.29 is 14.3 Å². The van der Waals surface area contributed by atoms with E-state index in [1.165, 1.54) is 0 Å². The van der Waals surface area contributed by atoms with E-state index in [9.17, 15) is 9.59 Å². The average Bonchev–Trinajstić information content (AvgIpc) is 2.62. The molecule has 1 heterocycles. The van der Waals surface area contributed by atoms with E-state index < -0.39 is 6.04 Å². The molecule has 0 radical (unpaired) electrons. The predicted octanol–water partition coefficient (Wildman–Crippen LogP) is 0.773. The molecule has 0 spiro atoms. The summed E-state index contributed by atoms with van der Waals surface area (Å²) in [6.45, 7) is 2.84. The van der Waals surface area contributed by atoms with Crippen LogP contribution in [0, 0.1) is 0 Å². The van der Waals surface area contributed by atoms with Gasteiger partial charge in [-0.05, 0) is 37.9 Å². The van der Waals surface area contributed by atoms with Gasteiger partial charge in [-0.2, -0.15) is 0 Å². The number of carbonyl (C=O) groups is 2. The van der Waals surface area contributed by atoms with Crippen LogP contribution in [0.1, 0.15) is 29.6 Å². The number of carbonyl (C=O) groups excluding carboxylic acids is 2. The highest BCUT2D eigenvalue weighted by atomic mass is 16.5. The van der Waals surface area contributed by atoms with Crippen LogP contribution in [-0.4, -0.2) is 55.6 Å². The van der Waals surface area contributed by atoms with Gasteiger partial charge >= 0.3 is 0 Å². The van der Waals surface area contributed by atoms with Crippen LogP contribution < -0.4 is 11.1 Å². The van der Waals surface area contributed by atoms with Gasteiger partial charge in [0.2, 0.25) is 5.91 Å². The van der Waals surface area contributed by atoms with E-state index in [2.05, 4.69) is 5.32 Å². The molecular weight excluding hydrogens is 294 g/mol. The zero-order chi connectivity index (χ0) is 16.5. The fraction of sp³-hybridized carbons (Fsp3) is 0.529. The smallest absolute Gasteiger partial charge is 0.251 e. The van der Waals surface area contributed by atoms with Gasteiger partial charge in [0, 0.05) is 18.7 Å². The number of amides is 2.